The van der Waals surface area contributed by atoms with Gasteiger partial charge in [0.1, 0.15) is 0 Å². The molecule has 19 heavy (non-hydrogen) atoms. The van der Waals surface area contributed by atoms with Crippen LogP contribution in [0.25, 0.3) is 0 Å². The van der Waals surface area contributed by atoms with Crippen molar-refractivity contribution in [3.05, 3.63) is 27.7 Å². The highest BCUT2D eigenvalue weighted by molar-refractivity contribution is 9.10. The molecule has 0 saturated heterocycles. The van der Waals surface area contributed by atoms with Gasteiger partial charge < -0.3 is 0 Å². The van der Waals surface area contributed by atoms with Gasteiger partial charge >= 0.3 is 0 Å². The molecule has 2 unspecified atom stereocenters. The van der Waals surface area contributed by atoms with E-state index in [1.54, 1.807) is 6.07 Å². The van der Waals surface area contributed by atoms with Crippen LogP contribution in [0.4, 0.5) is 0 Å². The molecule has 1 fully saturated rings. The summed E-state index contributed by atoms with van der Waals surface area (Å²) in [6, 6.07) is 4.34. The Morgan fingerprint density at radius 2 is 1.95 bits per heavy atom. The van der Waals surface area contributed by atoms with Crippen molar-refractivity contribution in [1.82, 2.24) is 4.72 Å². The number of nitrogens with one attached hydrogen (secondary N) is 1. The third-order valence-corrected chi connectivity index (χ3v) is 6.41. The molecule has 0 spiro atoms. The zero-order valence-corrected chi connectivity index (χ0v) is 14.0. The van der Waals surface area contributed by atoms with Crippen LogP contribution >= 0.6 is 39.1 Å². The van der Waals surface area contributed by atoms with Gasteiger partial charge in [0.05, 0.1) is 9.92 Å². The maximum Gasteiger partial charge on any atom is 0.240 e. The normalized spacial score (nSPS) is 24.4. The van der Waals surface area contributed by atoms with E-state index in [1.165, 1.54) is 12.1 Å². The zero-order valence-electron chi connectivity index (χ0n) is 10.1. The third-order valence-electron chi connectivity index (χ3n) is 3.19. The fourth-order valence-corrected chi connectivity index (χ4v) is 4.53. The summed E-state index contributed by atoms with van der Waals surface area (Å²) >= 11 is 15.3. The molecule has 2 rings (SSSR count). The molecule has 0 aromatic heterocycles. The maximum atomic E-state index is 12.3. The lowest BCUT2D eigenvalue weighted by atomic mass is 9.96. The van der Waals surface area contributed by atoms with Crippen molar-refractivity contribution in [2.75, 3.05) is 0 Å². The zero-order chi connectivity index (χ0) is 14.0. The molecule has 1 aromatic rings. The number of hydrogen-bond donors (Lipinski definition) is 1. The monoisotopic (exact) mass is 385 g/mol. The SMILES string of the molecule is O=S(=O)(NC1CCCCC1Cl)c1ccc(Cl)c(Br)c1. The van der Waals surface area contributed by atoms with Crippen LogP contribution in [0.5, 0.6) is 0 Å². The molecule has 0 amide bonds. The Labute approximate surface area is 131 Å². The van der Waals surface area contributed by atoms with Crippen LogP contribution in [-0.4, -0.2) is 19.8 Å². The molecule has 1 aromatic carbocycles. The molecule has 0 aliphatic heterocycles. The number of hydrogen-bond acceptors (Lipinski definition) is 2. The van der Waals surface area contributed by atoms with E-state index in [2.05, 4.69) is 20.7 Å². The summed E-state index contributed by atoms with van der Waals surface area (Å²) < 4.78 is 27.8. The van der Waals surface area contributed by atoms with E-state index in [0.29, 0.717) is 9.50 Å². The lowest BCUT2D eigenvalue weighted by molar-refractivity contribution is 0.418. The van der Waals surface area contributed by atoms with Crippen LogP contribution in [0.1, 0.15) is 25.7 Å². The topological polar surface area (TPSA) is 46.2 Å². The Bertz CT molecular complexity index is 565. The van der Waals surface area contributed by atoms with Gasteiger partial charge in [-0.25, -0.2) is 13.1 Å². The number of benzene rings is 1. The first-order valence-corrected chi connectivity index (χ1v) is 9.10. The first-order chi connectivity index (χ1) is 8.90. The molecule has 3 nitrogen and oxygen atoms in total. The number of alkyl halides is 1. The smallest absolute Gasteiger partial charge is 0.207 e. The summed E-state index contributed by atoms with van der Waals surface area (Å²) in [5.74, 6) is 0. The predicted molar refractivity (Wildman–Crippen MR) is 81.4 cm³/mol. The summed E-state index contributed by atoms with van der Waals surface area (Å²) in [4.78, 5) is 0.193. The van der Waals surface area contributed by atoms with Crippen molar-refractivity contribution in [2.45, 2.75) is 42.0 Å². The quantitative estimate of drug-likeness (QED) is 0.800. The second kappa shape index (κ2) is 6.31. The van der Waals surface area contributed by atoms with Crippen molar-refractivity contribution >= 4 is 49.2 Å². The number of rotatable bonds is 3. The Morgan fingerprint density at radius 1 is 1.26 bits per heavy atom. The summed E-state index contributed by atoms with van der Waals surface area (Å²) in [6.07, 6.45) is 3.68. The van der Waals surface area contributed by atoms with Gasteiger partial charge in [-0.15, -0.1) is 11.6 Å². The van der Waals surface area contributed by atoms with Crippen molar-refractivity contribution in [2.24, 2.45) is 0 Å². The highest BCUT2D eigenvalue weighted by Crippen LogP contribution is 2.27. The molecule has 2 atom stereocenters. The molecule has 1 aliphatic carbocycles. The van der Waals surface area contributed by atoms with Crippen LogP contribution in [0.15, 0.2) is 27.6 Å². The second-order valence-electron chi connectivity index (χ2n) is 4.60. The van der Waals surface area contributed by atoms with Crippen molar-refractivity contribution < 1.29 is 8.42 Å². The van der Waals surface area contributed by atoms with Crippen molar-refractivity contribution in [3.8, 4) is 0 Å². The molecular weight excluding hydrogens is 373 g/mol. The van der Waals surface area contributed by atoms with Crippen LogP contribution in [0.2, 0.25) is 5.02 Å². The molecule has 106 valence electrons. The minimum Gasteiger partial charge on any atom is -0.207 e. The summed E-state index contributed by atoms with van der Waals surface area (Å²) in [6.45, 7) is 0. The summed E-state index contributed by atoms with van der Waals surface area (Å²) in [7, 11) is -3.56. The minimum absolute atomic E-state index is 0.140. The summed E-state index contributed by atoms with van der Waals surface area (Å²) in [5, 5.41) is 0.339. The van der Waals surface area contributed by atoms with E-state index in [4.69, 9.17) is 23.2 Å². The van der Waals surface area contributed by atoms with Gasteiger partial charge in [0.2, 0.25) is 10.0 Å². The predicted octanol–water partition coefficient (Wildman–Crippen LogP) is 3.93. The first-order valence-electron chi connectivity index (χ1n) is 6.01. The Kier molecular flexibility index (Phi) is 5.17. The van der Waals surface area contributed by atoms with Gasteiger partial charge in [-0.3, -0.25) is 0 Å². The van der Waals surface area contributed by atoms with E-state index in [9.17, 15) is 8.42 Å². The van der Waals surface area contributed by atoms with E-state index in [0.717, 1.165) is 25.7 Å². The van der Waals surface area contributed by atoms with E-state index in [-0.39, 0.29) is 16.3 Å². The van der Waals surface area contributed by atoms with Gasteiger partial charge in [0, 0.05) is 15.9 Å². The molecule has 1 aliphatic rings. The highest BCUT2D eigenvalue weighted by atomic mass is 79.9. The number of sulfonamides is 1. The Hall–Kier alpha value is 0.190. The minimum atomic E-state index is -3.56. The number of halogens is 3. The fraction of sp³-hybridized carbons (Fsp3) is 0.500. The maximum absolute atomic E-state index is 12.3. The van der Waals surface area contributed by atoms with Gasteiger partial charge in [0.15, 0.2) is 0 Å². The molecule has 0 bridgehead atoms. The average Bonchev–Trinajstić information content (AvgIpc) is 2.35. The molecular formula is C12H14BrCl2NO2S. The Morgan fingerprint density at radius 3 is 2.58 bits per heavy atom. The highest BCUT2D eigenvalue weighted by Gasteiger charge is 2.28. The fourth-order valence-electron chi connectivity index (χ4n) is 2.13. The Balaban J connectivity index is 2.19. The molecule has 7 heteroatoms. The molecule has 1 saturated carbocycles. The van der Waals surface area contributed by atoms with E-state index >= 15 is 0 Å². The third kappa shape index (κ3) is 3.85. The summed E-state index contributed by atoms with van der Waals surface area (Å²) in [5.41, 5.74) is 0. The van der Waals surface area contributed by atoms with Crippen molar-refractivity contribution in [3.63, 3.8) is 0 Å². The van der Waals surface area contributed by atoms with Crippen molar-refractivity contribution in [1.29, 1.82) is 0 Å². The van der Waals surface area contributed by atoms with Gasteiger partial charge in [-0.1, -0.05) is 24.4 Å². The van der Waals surface area contributed by atoms with Gasteiger partial charge in [-0.05, 0) is 47.0 Å². The standard InChI is InChI=1S/C12H14BrCl2NO2S/c13-9-7-8(5-6-10(9)14)19(17,18)16-12-4-2-1-3-11(12)15/h5-7,11-12,16H,1-4H2. The second-order valence-corrected chi connectivity index (χ2v) is 8.14. The molecule has 0 heterocycles. The van der Waals surface area contributed by atoms with E-state index in [1.807, 2.05) is 0 Å². The van der Waals surface area contributed by atoms with Crippen LogP contribution in [0.3, 0.4) is 0 Å². The lowest BCUT2D eigenvalue weighted by Crippen LogP contribution is -2.42. The molecule has 1 N–H and O–H groups in total. The molecule has 0 radical (unpaired) electrons. The van der Waals surface area contributed by atoms with Crippen LogP contribution < -0.4 is 4.72 Å². The van der Waals surface area contributed by atoms with Gasteiger partial charge in [0.25, 0.3) is 0 Å². The average molecular weight is 387 g/mol. The first kappa shape index (κ1) is 15.6. The lowest BCUT2D eigenvalue weighted by Gasteiger charge is -2.27. The van der Waals surface area contributed by atoms with E-state index < -0.39 is 10.0 Å². The van der Waals surface area contributed by atoms with Crippen LogP contribution in [-0.2, 0) is 10.0 Å². The van der Waals surface area contributed by atoms with Crippen LogP contribution in [0, 0.1) is 0 Å². The largest absolute Gasteiger partial charge is 0.240 e. The van der Waals surface area contributed by atoms with Gasteiger partial charge in [-0.2, -0.15) is 0 Å².